The van der Waals surface area contributed by atoms with E-state index in [4.69, 9.17) is 4.99 Å². The highest BCUT2D eigenvalue weighted by Crippen LogP contribution is 2.13. The van der Waals surface area contributed by atoms with Crippen LogP contribution in [0.15, 0.2) is 29.4 Å². The molecule has 0 aromatic carbocycles. The molecule has 2 aliphatic rings. The second-order valence-electron chi connectivity index (χ2n) is 6.74. The van der Waals surface area contributed by atoms with Crippen LogP contribution < -0.4 is 10.2 Å². The first kappa shape index (κ1) is 21.7. The summed E-state index contributed by atoms with van der Waals surface area (Å²) in [6, 6.07) is 6.02. The first-order chi connectivity index (χ1) is 12.8. The lowest BCUT2D eigenvalue weighted by atomic mass is 10.3. The average Bonchev–Trinajstić information content (AvgIpc) is 3.23. The Hall–Kier alpha value is -1.58. The normalized spacial score (nSPS) is 17.7. The van der Waals surface area contributed by atoms with Crippen LogP contribution in [-0.4, -0.2) is 79.0 Å². The fourth-order valence-electron chi connectivity index (χ4n) is 3.50. The Labute approximate surface area is 179 Å². The maximum atomic E-state index is 12.2. The van der Waals surface area contributed by atoms with Crippen molar-refractivity contribution in [2.45, 2.75) is 26.2 Å². The van der Waals surface area contributed by atoms with Crippen LogP contribution in [0.1, 0.15) is 26.2 Å². The summed E-state index contributed by atoms with van der Waals surface area (Å²) in [6.07, 6.45) is 4.61. The van der Waals surface area contributed by atoms with Crippen LogP contribution in [-0.2, 0) is 4.79 Å². The van der Waals surface area contributed by atoms with Crippen LogP contribution in [0, 0.1) is 0 Å². The molecule has 0 aliphatic carbocycles. The smallest absolute Gasteiger partial charge is 0.224 e. The van der Waals surface area contributed by atoms with Gasteiger partial charge in [-0.3, -0.25) is 9.79 Å². The molecule has 8 heteroatoms. The van der Waals surface area contributed by atoms with Gasteiger partial charge in [0.2, 0.25) is 5.91 Å². The van der Waals surface area contributed by atoms with Crippen LogP contribution in [0.25, 0.3) is 0 Å². The van der Waals surface area contributed by atoms with Crippen molar-refractivity contribution in [2.75, 3.05) is 57.3 Å². The minimum atomic E-state index is 0. The topological polar surface area (TPSA) is 64.1 Å². The lowest BCUT2D eigenvalue weighted by Gasteiger charge is -2.37. The van der Waals surface area contributed by atoms with Gasteiger partial charge in [-0.1, -0.05) is 6.07 Å². The molecule has 2 saturated heterocycles. The van der Waals surface area contributed by atoms with E-state index < -0.39 is 0 Å². The zero-order valence-electron chi connectivity index (χ0n) is 16.1. The second-order valence-corrected chi connectivity index (χ2v) is 6.74. The second kappa shape index (κ2) is 11.3. The first-order valence-corrected chi connectivity index (χ1v) is 9.75. The fourth-order valence-corrected chi connectivity index (χ4v) is 3.50. The van der Waals surface area contributed by atoms with Gasteiger partial charge in [-0.15, -0.1) is 24.0 Å². The van der Waals surface area contributed by atoms with E-state index in [0.717, 1.165) is 70.4 Å². The number of aliphatic imine (C=N–C) groups is 1. The molecule has 1 N–H and O–H groups in total. The molecule has 27 heavy (non-hydrogen) atoms. The maximum absolute atomic E-state index is 12.2. The maximum Gasteiger partial charge on any atom is 0.224 e. The Morgan fingerprint density at radius 3 is 2.48 bits per heavy atom. The van der Waals surface area contributed by atoms with Crippen molar-refractivity contribution in [3.8, 4) is 0 Å². The summed E-state index contributed by atoms with van der Waals surface area (Å²) < 4.78 is 0. The van der Waals surface area contributed by atoms with Crippen molar-refractivity contribution < 1.29 is 4.79 Å². The third-order valence-electron chi connectivity index (χ3n) is 4.93. The molecule has 3 heterocycles. The molecule has 0 bridgehead atoms. The van der Waals surface area contributed by atoms with Crippen molar-refractivity contribution in [1.82, 2.24) is 20.1 Å². The lowest BCUT2D eigenvalue weighted by molar-refractivity contribution is -0.129. The van der Waals surface area contributed by atoms with E-state index in [1.165, 1.54) is 0 Å². The number of guanidine groups is 1. The molecule has 7 nitrogen and oxygen atoms in total. The Morgan fingerprint density at radius 2 is 1.85 bits per heavy atom. The molecule has 1 amide bonds. The predicted molar refractivity (Wildman–Crippen MR) is 120 cm³/mol. The molecule has 2 fully saturated rings. The van der Waals surface area contributed by atoms with Crippen LogP contribution in [0.5, 0.6) is 0 Å². The van der Waals surface area contributed by atoms with Gasteiger partial charge < -0.3 is 20.0 Å². The highest BCUT2D eigenvalue weighted by molar-refractivity contribution is 14.0. The fraction of sp³-hybridized carbons (Fsp3) is 0.632. The zero-order valence-corrected chi connectivity index (χ0v) is 18.5. The molecular weight excluding hydrogens is 455 g/mol. The quantitative estimate of drug-likeness (QED) is 0.391. The summed E-state index contributed by atoms with van der Waals surface area (Å²) in [5.74, 6) is 2.19. The number of carbonyl (C=O) groups excluding carboxylic acids is 1. The van der Waals surface area contributed by atoms with Gasteiger partial charge in [-0.2, -0.15) is 0 Å². The lowest BCUT2D eigenvalue weighted by Crippen LogP contribution is -2.52. The van der Waals surface area contributed by atoms with Gasteiger partial charge in [0.15, 0.2) is 5.96 Å². The van der Waals surface area contributed by atoms with Gasteiger partial charge in [0.1, 0.15) is 5.82 Å². The molecule has 3 rings (SSSR count). The van der Waals surface area contributed by atoms with Gasteiger partial charge >= 0.3 is 0 Å². The van der Waals surface area contributed by atoms with E-state index in [-0.39, 0.29) is 29.9 Å². The SMILES string of the molecule is CCNC(=NCCC(=O)N1CCCC1)N1CCN(c2ccccn2)CC1.I. The summed E-state index contributed by atoms with van der Waals surface area (Å²) in [6.45, 7) is 8.95. The number of nitrogens with zero attached hydrogens (tertiary/aromatic N) is 5. The third kappa shape index (κ3) is 6.22. The monoisotopic (exact) mass is 486 g/mol. The number of halogens is 1. The van der Waals surface area contributed by atoms with E-state index in [0.29, 0.717) is 13.0 Å². The highest BCUT2D eigenvalue weighted by Gasteiger charge is 2.21. The van der Waals surface area contributed by atoms with E-state index in [9.17, 15) is 4.79 Å². The number of rotatable bonds is 5. The van der Waals surface area contributed by atoms with Gasteiger partial charge in [-0.05, 0) is 31.9 Å². The van der Waals surface area contributed by atoms with Crippen molar-refractivity contribution in [3.05, 3.63) is 24.4 Å². The van der Waals surface area contributed by atoms with Gasteiger partial charge in [0, 0.05) is 58.4 Å². The largest absolute Gasteiger partial charge is 0.357 e. The number of hydrogen-bond acceptors (Lipinski definition) is 4. The van der Waals surface area contributed by atoms with Crippen LogP contribution in [0.2, 0.25) is 0 Å². The van der Waals surface area contributed by atoms with Gasteiger partial charge in [-0.25, -0.2) is 4.98 Å². The van der Waals surface area contributed by atoms with Crippen LogP contribution in [0.4, 0.5) is 5.82 Å². The molecule has 150 valence electrons. The van der Waals surface area contributed by atoms with E-state index >= 15 is 0 Å². The molecule has 0 saturated carbocycles. The third-order valence-corrected chi connectivity index (χ3v) is 4.93. The van der Waals surface area contributed by atoms with E-state index in [1.807, 2.05) is 23.2 Å². The standard InChI is InChI=1S/C19H30N6O.HI/c1-2-20-19(22-10-8-18(26)24-11-5-6-12-24)25-15-13-23(14-16-25)17-7-3-4-9-21-17;/h3-4,7,9H,2,5-6,8,10-16H2,1H3,(H,20,22);1H. The average molecular weight is 486 g/mol. The number of hydrogen-bond donors (Lipinski definition) is 1. The Morgan fingerprint density at radius 1 is 1.11 bits per heavy atom. The molecule has 0 unspecified atom stereocenters. The highest BCUT2D eigenvalue weighted by atomic mass is 127. The molecular formula is C19H31IN6O. The van der Waals surface area contributed by atoms with Crippen LogP contribution in [0.3, 0.4) is 0 Å². The predicted octanol–water partition coefficient (Wildman–Crippen LogP) is 1.80. The van der Waals surface area contributed by atoms with Crippen molar-refractivity contribution in [2.24, 2.45) is 4.99 Å². The van der Waals surface area contributed by atoms with Crippen LogP contribution >= 0.6 is 24.0 Å². The van der Waals surface area contributed by atoms with Gasteiger partial charge in [0.05, 0.1) is 6.54 Å². The Bertz CT molecular complexity index is 597. The summed E-state index contributed by atoms with van der Waals surface area (Å²) in [5.41, 5.74) is 0. The molecule has 2 aliphatic heterocycles. The molecule has 0 spiro atoms. The molecule has 0 atom stereocenters. The zero-order chi connectivity index (χ0) is 18.2. The van der Waals surface area contributed by atoms with E-state index in [1.54, 1.807) is 0 Å². The number of anilines is 1. The number of nitrogens with one attached hydrogen (secondary N) is 1. The van der Waals surface area contributed by atoms with Gasteiger partial charge in [0.25, 0.3) is 0 Å². The molecule has 1 aromatic heterocycles. The molecule has 0 radical (unpaired) electrons. The minimum Gasteiger partial charge on any atom is -0.357 e. The van der Waals surface area contributed by atoms with Crippen molar-refractivity contribution in [3.63, 3.8) is 0 Å². The number of likely N-dealkylation sites (tertiary alicyclic amines) is 1. The summed E-state index contributed by atoms with van der Waals surface area (Å²) >= 11 is 0. The number of amides is 1. The minimum absolute atomic E-state index is 0. The number of carbonyl (C=O) groups is 1. The first-order valence-electron chi connectivity index (χ1n) is 9.75. The number of piperazine rings is 1. The summed E-state index contributed by atoms with van der Waals surface area (Å²) in [5, 5.41) is 3.37. The van der Waals surface area contributed by atoms with Crippen molar-refractivity contribution in [1.29, 1.82) is 0 Å². The van der Waals surface area contributed by atoms with Crippen molar-refractivity contribution >= 4 is 41.7 Å². The Kier molecular flexibility index (Phi) is 9.09. The van der Waals surface area contributed by atoms with E-state index in [2.05, 4.69) is 33.1 Å². The summed E-state index contributed by atoms with van der Waals surface area (Å²) in [7, 11) is 0. The number of aromatic nitrogens is 1. The number of pyridine rings is 1. The Balaban J connectivity index is 0.00000261. The molecule has 1 aromatic rings. The summed E-state index contributed by atoms with van der Waals surface area (Å²) in [4.78, 5) is 27.9.